The summed E-state index contributed by atoms with van der Waals surface area (Å²) in [4.78, 5) is 118. The summed E-state index contributed by atoms with van der Waals surface area (Å²) in [5.74, 6) is -15.1. The molecule has 0 radical (unpaired) electrons. The highest BCUT2D eigenvalue weighted by molar-refractivity contribution is 7.17. The summed E-state index contributed by atoms with van der Waals surface area (Å²) in [5.41, 5.74) is -7.49. The van der Waals surface area contributed by atoms with Crippen LogP contribution in [0.1, 0.15) is 84.6 Å². The Bertz CT molecular complexity index is 4070. The van der Waals surface area contributed by atoms with Crippen LogP contribution in [0.5, 0.6) is 11.5 Å². The van der Waals surface area contributed by atoms with Crippen LogP contribution >= 0.6 is 22.7 Å². The summed E-state index contributed by atoms with van der Waals surface area (Å²) < 4.78 is 95.7. The Kier molecular flexibility index (Phi) is 14.3. The Hall–Kier alpha value is -10.7. The van der Waals surface area contributed by atoms with E-state index in [9.17, 15) is 36.7 Å². The average molecular weight is 1220 g/mol. The number of hydrogen-bond donors (Lipinski definition) is 0. The third-order valence-electron chi connectivity index (χ3n) is 15.0. The van der Waals surface area contributed by atoms with Gasteiger partial charge in [0.05, 0.1) is 20.9 Å². The Labute approximate surface area is 503 Å². The number of hydrogen-bond acceptors (Lipinski definition) is 16. The largest absolute Gasteiger partial charge is 0.458 e. The first-order valence-corrected chi connectivity index (χ1v) is 28.5. The summed E-state index contributed by atoms with van der Waals surface area (Å²) in [6.45, 7) is -1.71. The third kappa shape index (κ3) is 9.67. The van der Waals surface area contributed by atoms with E-state index in [4.69, 9.17) is 28.4 Å². The molecule has 9 aromatic rings. The minimum atomic E-state index is -2.99. The van der Waals surface area contributed by atoms with Gasteiger partial charge in [0.25, 0.3) is 0 Å². The van der Waals surface area contributed by atoms with Crippen LogP contribution in [-0.2, 0) is 75.8 Å². The van der Waals surface area contributed by atoms with E-state index in [0.717, 1.165) is 34.8 Å². The number of rotatable bonds is 14. The number of benzene rings is 7. The third-order valence-corrected chi connectivity index (χ3v) is 17.2. The Morgan fingerprint density at radius 1 is 0.375 bits per heavy atom. The van der Waals surface area contributed by atoms with E-state index < -0.39 is 141 Å². The molecule has 0 fully saturated rings. The van der Waals surface area contributed by atoms with Crippen molar-refractivity contribution in [3.63, 3.8) is 0 Å². The van der Waals surface area contributed by atoms with E-state index in [1.165, 1.54) is 24.3 Å². The van der Waals surface area contributed by atoms with E-state index in [0.29, 0.717) is 46.5 Å². The number of thiophene rings is 2. The molecule has 7 aromatic carbocycles. The number of esters is 4. The van der Waals surface area contributed by atoms with Gasteiger partial charge in [-0.2, -0.15) is 0 Å². The molecular formula is C68H38F4O14S2. The van der Waals surface area contributed by atoms with Gasteiger partial charge in [-0.1, -0.05) is 121 Å². The molecule has 2 aliphatic carbocycles. The highest BCUT2D eigenvalue weighted by Gasteiger charge is 2.62. The molecule has 0 atom stereocenters. The highest BCUT2D eigenvalue weighted by atomic mass is 32.1. The Balaban J connectivity index is 1.05. The maximum Gasteiger partial charge on any atom is 0.367 e. The molecule has 4 aliphatic rings. The number of ketones is 4. The van der Waals surface area contributed by atoms with E-state index in [1.807, 2.05) is 0 Å². The van der Waals surface area contributed by atoms with Crippen LogP contribution in [0, 0.1) is 23.3 Å². The number of carbonyl (C=O) groups excluding carboxylic acids is 8. The topological polar surface area (TPSA) is 192 Å². The summed E-state index contributed by atoms with van der Waals surface area (Å²) in [6.07, 6.45) is 2.28. The molecule has 0 unspecified atom stereocenters. The van der Waals surface area contributed by atoms with Gasteiger partial charge < -0.3 is 28.4 Å². The standard InChI is InChI=1S/C68H38F4O14S2/c69-51-27-41-42(28-52(51)70)58(74)47(57(41)73)21-39-23-55-61(87-39)45-26-50-46(25-49(45)67(85-55,63(77)81-31-35-13-5-1-6-14-35)64(78)82-32-36-15-7-2-8-16-36)62-56(24-40(88-62)22-48-59(75)43-29-53(71)54(72)30-44(43)60(48)76)86-68(50,65(79)83-33-37-17-9-3-10-18-37)66(80)84-34-38-19-11-4-12-20-38/h1-30H,31-34H2. The molecule has 4 heterocycles. The number of fused-ring (bicyclic) bond motifs is 8. The SMILES string of the molecule is O=C1C(=Cc2cc3c(s2)-c2cc4c(cc2C(C(=O)OCc2ccccc2)(C(=O)OCc2ccccc2)O3)-c2sc(C=C3C(=O)c5cc(F)c(F)cc5C3=O)cc2OC4(C(=O)OCc2ccccc2)C(=O)OCc2ccccc2)C(=O)c2cc(F)c(F)cc21. The van der Waals surface area contributed by atoms with Crippen molar-refractivity contribution in [3.8, 4) is 32.4 Å². The van der Waals surface area contributed by atoms with Crippen LogP contribution in [0.15, 0.2) is 181 Å². The number of carbonyl (C=O) groups is 8. The van der Waals surface area contributed by atoms with Gasteiger partial charge in [0, 0.05) is 54.3 Å². The number of halogens is 4. The molecule has 14 nitrogen and oxygen atoms in total. The second kappa shape index (κ2) is 22.3. The lowest BCUT2D eigenvalue weighted by atomic mass is 9.78. The zero-order valence-corrected chi connectivity index (χ0v) is 46.8. The minimum absolute atomic E-state index is 0.0526. The first-order chi connectivity index (χ1) is 42.5. The van der Waals surface area contributed by atoms with Crippen LogP contribution in [0.2, 0.25) is 0 Å². The number of ether oxygens (including phenoxy) is 6. The van der Waals surface area contributed by atoms with Crippen LogP contribution < -0.4 is 9.47 Å². The lowest BCUT2D eigenvalue weighted by Crippen LogP contribution is -2.54. The molecular weight excluding hydrogens is 1180 g/mol. The van der Waals surface area contributed by atoms with Gasteiger partial charge in [-0.25, -0.2) is 36.7 Å². The van der Waals surface area contributed by atoms with Gasteiger partial charge >= 0.3 is 35.1 Å². The molecule has 0 N–H and O–H groups in total. The van der Waals surface area contributed by atoms with Crippen LogP contribution in [-0.4, -0.2) is 47.0 Å². The van der Waals surface area contributed by atoms with E-state index in [2.05, 4.69) is 0 Å². The quantitative estimate of drug-likeness (QED) is 0.0249. The van der Waals surface area contributed by atoms with Gasteiger partial charge in [-0.15, -0.1) is 22.7 Å². The predicted molar refractivity (Wildman–Crippen MR) is 309 cm³/mol. The van der Waals surface area contributed by atoms with Crippen molar-refractivity contribution in [2.24, 2.45) is 0 Å². The monoisotopic (exact) mass is 1220 g/mol. The lowest BCUT2D eigenvalue weighted by Gasteiger charge is -2.39. The summed E-state index contributed by atoms with van der Waals surface area (Å²) in [7, 11) is 0. The normalized spacial score (nSPS) is 14.5. The van der Waals surface area contributed by atoms with Crippen molar-refractivity contribution in [2.75, 3.05) is 0 Å². The molecule has 13 rings (SSSR count). The molecule has 0 amide bonds. The number of Topliss-reactive ketones (excluding diaryl/α,β-unsaturated/α-hetero) is 4. The Morgan fingerprint density at radius 2 is 0.636 bits per heavy atom. The van der Waals surface area contributed by atoms with Gasteiger partial charge in [0.1, 0.15) is 37.9 Å². The maximum atomic E-state index is 15.6. The molecule has 20 heteroatoms. The molecule has 2 aromatic heterocycles. The first-order valence-electron chi connectivity index (χ1n) is 26.8. The molecule has 88 heavy (non-hydrogen) atoms. The van der Waals surface area contributed by atoms with Crippen molar-refractivity contribution >= 4 is 81.8 Å². The summed E-state index contributed by atoms with van der Waals surface area (Å²) >= 11 is 1.68. The van der Waals surface area contributed by atoms with Crippen molar-refractivity contribution in [3.05, 3.63) is 270 Å². The molecule has 0 spiro atoms. The van der Waals surface area contributed by atoms with E-state index >= 15 is 19.2 Å². The fourth-order valence-corrected chi connectivity index (χ4v) is 12.8. The second-order valence-corrected chi connectivity index (χ2v) is 22.7. The first kappa shape index (κ1) is 56.4. The van der Waals surface area contributed by atoms with Gasteiger partial charge in [0.15, 0.2) is 46.4 Å². The zero-order valence-electron chi connectivity index (χ0n) is 45.2. The van der Waals surface area contributed by atoms with Crippen molar-refractivity contribution in [1.29, 1.82) is 0 Å². The fraction of sp³-hybridized carbons (Fsp3) is 0.0882. The molecule has 2 aliphatic heterocycles. The minimum Gasteiger partial charge on any atom is -0.458 e. The van der Waals surface area contributed by atoms with Gasteiger partial charge in [0.2, 0.25) is 0 Å². The van der Waals surface area contributed by atoms with E-state index in [1.54, 1.807) is 121 Å². The van der Waals surface area contributed by atoms with Crippen molar-refractivity contribution in [2.45, 2.75) is 37.6 Å². The van der Waals surface area contributed by atoms with Crippen LogP contribution in [0.25, 0.3) is 33.0 Å². The maximum absolute atomic E-state index is 15.6. The molecule has 0 saturated carbocycles. The smallest absolute Gasteiger partial charge is 0.367 e. The average Bonchev–Trinajstić information content (AvgIpc) is 1.04. The van der Waals surface area contributed by atoms with E-state index in [-0.39, 0.29) is 53.3 Å². The number of allylic oxidation sites excluding steroid dienone is 2. The predicted octanol–water partition coefficient (Wildman–Crippen LogP) is 12.8. The lowest BCUT2D eigenvalue weighted by molar-refractivity contribution is -0.185. The second-order valence-electron chi connectivity index (χ2n) is 20.5. The van der Waals surface area contributed by atoms with Crippen molar-refractivity contribution < 1.29 is 84.3 Å². The van der Waals surface area contributed by atoms with Crippen molar-refractivity contribution in [1.82, 2.24) is 0 Å². The Morgan fingerprint density at radius 3 is 0.898 bits per heavy atom. The van der Waals surface area contributed by atoms with Crippen LogP contribution in [0.4, 0.5) is 17.6 Å². The van der Waals surface area contributed by atoms with Gasteiger partial charge in [-0.05, 0) is 82.9 Å². The van der Waals surface area contributed by atoms with Gasteiger partial charge in [-0.3, -0.25) is 19.2 Å². The zero-order chi connectivity index (χ0) is 61.2. The summed E-state index contributed by atoms with van der Waals surface area (Å²) in [5, 5.41) is 0. The fourth-order valence-electron chi connectivity index (χ4n) is 10.7. The molecule has 434 valence electrons. The summed E-state index contributed by atoms with van der Waals surface area (Å²) in [6, 6.07) is 41.3. The molecule has 0 bridgehead atoms. The highest BCUT2D eigenvalue weighted by Crippen LogP contribution is 2.58. The van der Waals surface area contributed by atoms with Crippen LogP contribution in [0.3, 0.4) is 0 Å². The molecule has 0 saturated heterocycles.